The van der Waals surface area contributed by atoms with Crippen LogP contribution in [-0.2, 0) is 9.53 Å². The number of rotatable bonds is 4. The molecule has 0 fully saturated rings. The van der Waals surface area contributed by atoms with Crippen molar-refractivity contribution in [3.8, 4) is 0 Å². The molecule has 2 aromatic rings. The van der Waals surface area contributed by atoms with E-state index in [2.05, 4.69) is 5.32 Å². The number of anilines is 1. The molecule has 23 heavy (non-hydrogen) atoms. The Balaban J connectivity index is 2.00. The summed E-state index contributed by atoms with van der Waals surface area (Å²) in [6.07, 6.45) is -0.871. The number of carbonyl (C=O) groups is 2. The maximum Gasteiger partial charge on any atom is 0.339 e. The molecular weight excluding hydrogens is 290 g/mol. The van der Waals surface area contributed by atoms with E-state index in [1.165, 1.54) is 0 Å². The second kappa shape index (κ2) is 7.09. The average Bonchev–Trinajstić information content (AvgIpc) is 2.49. The Hall–Kier alpha value is -2.62. The van der Waals surface area contributed by atoms with Crippen molar-refractivity contribution >= 4 is 17.6 Å². The lowest BCUT2D eigenvalue weighted by Crippen LogP contribution is -2.30. The van der Waals surface area contributed by atoms with Gasteiger partial charge in [0, 0.05) is 5.69 Å². The fourth-order valence-corrected chi connectivity index (χ4v) is 2.20. The number of hydrogen-bond acceptors (Lipinski definition) is 3. The first-order valence-electron chi connectivity index (χ1n) is 7.52. The molecule has 0 aliphatic heterocycles. The first-order valence-corrected chi connectivity index (χ1v) is 7.52. The van der Waals surface area contributed by atoms with Crippen LogP contribution in [0, 0.1) is 20.8 Å². The van der Waals surface area contributed by atoms with Crippen LogP contribution in [0.3, 0.4) is 0 Å². The number of hydrogen-bond donors (Lipinski definition) is 1. The predicted molar refractivity (Wildman–Crippen MR) is 90.6 cm³/mol. The zero-order chi connectivity index (χ0) is 17.0. The minimum absolute atomic E-state index is 0.355. The quantitative estimate of drug-likeness (QED) is 0.874. The Kier molecular flexibility index (Phi) is 5.16. The SMILES string of the molecule is Cc1ccc(NC(=O)[C@H](C)OC(=O)c2ccc(C)cc2C)cc1. The highest BCUT2D eigenvalue weighted by atomic mass is 16.5. The molecule has 1 N–H and O–H groups in total. The van der Waals surface area contributed by atoms with E-state index < -0.39 is 12.1 Å². The van der Waals surface area contributed by atoms with Crippen LogP contribution >= 0.6 is 0 Å². The van der Waals surface area contributed by atoms with Gasteiger partial charge >= 0.3 is 5.97 Å². The molecule has 0 aliphatic carbocycles. The summed E-state index contributed by atoms with van der Waals surface area (Å²) in [4.78, 5) is 24.3. The van der Waals surface area contributed by atoms with Gasteiger partial charge in [-0.2, -0.15) is 0 Å². The fraction of sp³-hybridized carbons (Fsp3) is 0.263. The molecule has 0 saturated heterocycles. The number of ether oxygens (including phenoxy) is 1. The van der Waals surface area contributed by atoms with Crippen molar-refractivity contribution in [2.75, 3.05) is 5.32 Å². The molecule has 0 spiro atoms. The van der Waals surface area contributed by atoms with Crippen molar-refractivity contribution in [1.29, 1.82) is 0 Å². The molecule has 0 radical (unpaired) electrons. The number of aryl methyl sites for hydroxylation is 3. The van der Waals surface area contributed by atoms with Gasteiger partial charge in [-0.3, -0.25) is 4.79 Å². The second-order valence-corrected chi connectivity index (χ2v) is 5.72. The van der Waals surface area contributed by atoms with E-state index in [1.54, 1.807) is 13.0 Å². The summed E-state index contributed by atoms with van der Waals surface area (Å²) in [6.45, 7) is 7.34. The third kappa shape index (κ3) is 4.42. The van der Waals surface area contributed by atoms with Gasteiger partial charge in [-0.15, -0.1) is 0 Å². The van der Waals surface area contributed by atoms with Crippen LogP contribution in [0.2, 0.25) is 0 Å². The van der Waals surface area contributed by atoms with Gasteiger partial charge in [0.25, 0.3) is 5.91 Å². The number of esters is 1. The Labute approximate surface area is 136 Å². The van der Waals surface area contributed by atoms with Crippen LogP contribution in [0.1, 0.15) is 34.0 Å². The van der Waals surface area contributed by atoms with Crippen molar-refractivity contribution < 1.29 is 14.3 Å². The molecule has 0 aromatic heterocycles. The Morgan fingerprint density at radius 1 is 0.957 bits per heavy atom. The topological polar surface area (TPSA) is 55.4 Å². The van der Waals surface area contributed by atoms with Crippen molar-refractivity contribution in [3.05, 3.63) is 64.7 Å². The molecule has 4 heteroatoms. The lowest BCUT2D eigenvalue weighted by atomic mass is 10.1. The maximum atomic E-state index is 12.2. The predicted octanol–water partition coefficient (Wildman–Crippen LogP) is 3.80. The molecule has 0 aliphatic rings. The zero-order valence-corrected chi connectivity index (χ0v) is 13.8. The molecular formula is C19H21NO3. The van der Waals surface area contributed by atoms with Gasteiger partial charge in [-0.25, -0.2) is 4.79 Å². The molecule has 2 rings (SSSR count). The Morgan fingerprint density at radius 2 is 1.57 bits per heavy atom. The van der Waals surface area contributed by atoms with Gasteiger partial charge in [0.1, 0.15) is 0 Å². The summed E-state index contributed by atoms with van der Waals surface area (Å²) < 4.78 is 5.26. The van der Waals surface area contributed by atoms with E-state index in [-0.39, 0.29) is 5.91 Å². The molecule has 120 valence electrons. The molecule has 0 unspecified atom stereocenters. The van der Waals surface area contributed by atoms with Gasteiger partial charge in [0.2, 0.25) is 0 Å². The standard InChI is InChI=1S/C19H21NO3/c1-12-5-8-16(9-6-12)20-18(21)15(4)23-19(22)17-10-7-13(2)11-14(17)3/h5-11,15H,1-4H3,(H,20,21)/t15-/m0/s1. The average molecular weight is 311 g/mol. The molecule has 2 aromatic carbocycles. The minimum atomic E-state index is -0.871. The largest absolute Gasteiger partial charge is 0.449 e. The highest BCUT2D eigenvalue weighted by Crippen LogP contribution is 2.14. The number of nitrogens with one attached hydrogen (secondary N) is 1. The van der Waals surface area contributed by atoms with E-state index in [1.807, 2.05) is 57.2 Å². The van der Waals surface area contributed by atoms with Gasteiger partial charge < -0.3 is 10.1 Å². The van der Waals surface area contributed by atoms with Crippen LogP contribution in [0.4, 0.5) is 5.69 Å². The van der Waals surface area contributed by atoms with Crippen LogP contribution in [0.25, 0.3) is 0 Å². The minimum Gasteiger partial charge on any atom is -0.449 e. The molecule has 4 nitrogen and oxygen atoms in total. The highest BCUT2D eigenvalue weighted by molar-refractivity contribution is 5.97. The van der Waals surface area contributed by atoms with Gasteiger partial charge in [0.15, 0.2) is 6.10 Å². The molecule has 1 atom stereocenters. The molecule has 0 heterocycles. The summed E-state index contributed by atoms with van der Waals surface area (Å²) in [5.74, 6) is -0.846. The Bertz CT molecular complexity index is 720. The summed E-state index contributed by atoms with van der Waals surface area (Å²) >= 11 is 0. The van der Waals surface area contributed by atoms with E-state index >= 15 is 0 Å². The third-order valence-electron chi connectivity index (χ3n) is 3.57. The third-order valence-corrected chi connectivity index (χ3v) is 3.57. The summed E-state index contributed by atoms with van der Waals surface area (Å²) in [5.41, 5.74) is 4.17. The number of benzene rings is 2. The van der Waals surface area contributed by atoms with E-state index in [4.69, 9.17) is 4.74 Å². The number of carbonyl (C=O) groups excluding carboxylic acids is 2. The summed E-state index contributed by atoms with van der Waals surface area (Å²) in [6, 6.07) is 12.9. The lowest BCUT2D eigenvalue weighted by molar-refractivity contribution is -0.123. The van der Waals surface area contributed by atoms with Crippen LogP contribution in [0.5, 0.6) is 0 Å². The normalized spacial score (nSPS) is 11.7. The monoisotopic (exact) mass is 311 g/mol. The Morgan fingerprint density at radius 3 is 2.17 bits per heavy atom. The smallest absolute Gasteiger partial charge is 0.339 e. The van der Waals surface area contributed by atoms with Gasteiger partial charge in [-0.05, 0) is 51.5 Å². The highest BCUT2D eigenvalue weighted by Gasteiger charge is 2.20. The van der Waals surface area contributed by atoms with Crippen molar-refractivity contribution in [2.24, 2.45) is 0 Å². The second-order valence-electron chi connectivity index (χ2n) is 5.72. The molecule has 0 saturated carbocycles. The van der Waals surface area contributed by atoms with Gasteiger partial charge in [-0.1, -0.05) is 35.4 Å². The van der Waals surface area contributed by atoms with E-state index in [9.17, 15) is 9.59 Å². The van der Waals surface area contributed by atoms with Crippen LogP contribution in [0.15, 0.2) is 42.5 Å². The van der Waals surface area contributed by atoms with Crippen molar-refractivity contribution in [1.82, 2.24) is 0 Å². The van der Waals surface area contributed by atoms with Gasteiger partial charge in [0.05, 0.1) is 5.56 Å². The first-order chi connectivity index (χ1) is 10.9. The van der Waals surface area contributed by atoms with E-state index in [0.29, 0.717) is 11.3 Å². The first kappa shape index (κ1) is 16.7. The van der Waals surface area contributed by atoms with Crippen molar-refractivity contribution in [3.63, 3.8) is 0 Å². The summed E-state index contributed by atoms with van der Waals surface area (Å²) in [5, 5.41) is 2.73. The van der Waals surface area contributed by atoms with E-state index in [0.717, 1.165) is 16.7 Å². The zero-order valence-electron chi connectivity index (χ0n) is 13.8. The fourth-order valence-electron chi connectivity index (χ4n) is 2.20. The molecule has 0 bridgehead atoms. The number of amides is 1. The maximum absolute atomic E-state index is 12.2. The summed E-state index contributed by atoms with van der Waals surface area (Å²) in [7, 11) is 0. The van der Waals surface area contributed by atoms with Crippen molar-refractivity contribution in [2.45, 2.75) is 33.8 Å². The molecule has 1 amide bonds. The lowest BCUT2D eigenvalue weighted by Gasteiger charge is -2.14. The van der Waals surface area contributed by atoms with Crippen LogP contribution in [-0.4, -0.2) is 18.0 Å². The van der Waals surface area contributed by atoms with Crippen LogP contribution < -0.4 is 5.32 Å².